The summed E-state index contributed by atoms with van der Waals surface area (Å²) in [4.78, 5) is 0. The molecule has 1 atom stereocenters. The highest BCUT2D eigenvalue weighted by atomic mass is 16.5. The molecule has 1 saturated heterocycles. The van der Waals surface area contributed by atoms with Crippen LogP contribution in [0.2, 0.25) is 0 Å². The second-order valence-corrected chi connectivity index (χ2v) is 5.48. The fourth-order valence-corrected chi connectivity index (χ4v) is 3.01. The summed E-state index contributed by atoms with van der Waals surface area (Å²) in [5.41, 5.74) is 2.89. The van der Waals surface area contributed by atoms with E-state index in [1.54, 1.807) is 0 Å². The maximum atomic E-state index is 5.49. The van der Waals surface area contributed by atoms with E-state index in [-0.39, 0.29) is 0 Å². The van der Waals surface area contributed by atoms with Crippen LogP contribution < -0.4 is 5.32 Å². The SMILES string of the molecule is CCCc1ccc(C(NCC)C2CCOCC2)cc1. The maximum Gasteiger partial charge on any atom is 0.0469 e. The molecule has 1 aromatic rings. The van der Waals surface area contributed by atoms with Crippen LogP contribution in [0.1, 0.15) is 50.3 Å². The van der Waals surface area contributed by atoms with Gasteiger partial charge in [0.25, 0.3) is 0 Å². The Hall–Kier alpha value is -0.860. The molecule has 19 heavy (non-hydrogen) atoms. The van der Waals surface area contributed by atoms with E-state index in [4.69, 9.17) is 4.74 Å². The number of hydrogen-bond donors (Lipinski definition) is 1. The first-order chi connectivity index (χ1) is 9.35. The summed E-state index contributed by atoms with van der Waals surface area (Å²) in [7, 11) is 0. The summed E-state index contributed by atoms with van der Waals surface area (Å²) in [6.07, 6.45) is 4.75. The summed E-state index contributed by atoms with van der Waals surface area (Å²) < 4.78 is 5.49. The normalized spacial score (nSPS) is 18.4. The third-order valence-corrected chi connectivity index (χ3v) is 4.04. The molecule has 1 heterocycles. The molecule has 1 aromatic carbocycles. The third-order valence-electron chi connectivity index (χ3n) is 4.04. The van der Waals surface area contributed by atoms with Crippen molar-refractivity contribution in [2.45, 2.75) is 45.6 Å². The molecule has 0 amide bonds. The van der Waals surface area contributed by atoms with E-state index in [0.29, 0.717) is 12.0 Å². The second-order valence-electron chi connectivity index (χ2n) is 5.48. The van der Waals surface area contributed by atoms with Gasteiger partial charge in [-0.25, -0.2) is 0 Å². The number of hydrogen-bond acceptors (Lipinski definition) is 2. The first kappa shape index (κ1) is 14.5. The minimum Gasteiger partial charge on any atom is -0.381 e. The Morgan fingerprint density at radius 3 is 2.42 bits per heavy atom. The van der Waals surface area contributed by atoms with Crippen molar-refractivity contribution in [2.24, 2.45) is 5.92 Å². The maximum absolute atomic E-state index is 5.49. The molecule has 1 fully saturated rings. The smallest absolute Gasteiger partial charge is 0.0469 e. The standard InChI is InChI=1S/C17H27NO/c1-3-5-14-6-8-15(9-7-14)17(18-4-2)16-10-12-19-13-11-16/h6-9,16-18H,3-5,10-13H2,1-2H3. The monoisotopic (exact) mass is 261 g/mol. The lowest BCUT2D eigenvalue weighted by atomic mass is 9.86. The fraction of sp³-hybridized carbons (Fsp3) is 0.647. The van der Waals surface area contributed by atoms with E-state index in [9.17, 15) is 0 Å². The van der Waals surface area contributed by atoms with Crippen LogP contribution in [0, 0.1) is 5.92 Å². The van der Waals surface area contributed by atoms with Crippen LogP contribution in [-0.2, 0) is 11.2 Å². The van der Waals surface area contributed by atoms with Crippen LogP contribution in [0.15, 0.2) is 24.3 Å². The summed E-state index contributed by atoms with van der Waals surface area (Å²) in [5.74, 6) is 0.714. The van der Waals surface area contributed by atoms with Crippen molar-refractivity contribution in [3.63, 3.8) is 0 Å². The predicted octanol–water partition coefficient (Wildman–Crippen LogP) is 3.72. The lowest BCUT2D eigenvalue weighted by Crippen LogP contribution is -2.32. The van der Waals surface area contributed by atoms with Gasteiger partial charge < -0.3 is 10.1 Å². The van der Waals surface area contributed by atoms with Crippen LogP contribution in [-0.4, -0.2) is 19.8 Å². The van der Waals surface area contributed by atoms with E-state index in [2.05, 4.69) is 43.4 Å². The molecule has 1 N–H and O–H groups in total. The zero-order valence-electron chi connectivity index (χ0n) is 12.3. The largest absolute Gasteiger partial charge is 0.381 e. The van der Waals surface area contributed by atoms with E-state index >= 15 is 0 Å². The minimum absolute atomic E-state index is 0.490. The van der Waals surface area contributed by atoms with Gasteiger partial charge in [0, 0.05) is 19.3 Å². The molecule has 0 bridgehead atoms. The Balaban J connectivity index is 2.08. The summed E-state index contributed by atoms with van der Waals surface area (Å²) in [6, 6.07) is 9.71. The van der Waals surface area contributed by atoms with E-state index in [0.717, 1.165) is 19.8 Å². The molecule has 0 saturated carbocycles. The molecule has 2 rings (SSSR count). The van der Waals surface area contributed by atoms with Crippen molar-refractivity contribution >= 4 is 0 Å². The molecule has 0 spiro atoms. The van der Waals surface area contributed by atoms with E-state index in [1.165, 1.54) is 36.8 Å². The molecule has 0 aliphatic carbocycles. The van der Waals surface area contributed by atoms with Crippen LogP contribution in [0.5, 0.6) is 0 Å². The average Bonchev–Trinajstić information content (AvgIpc) is 2.47. The van der Waals surface area contributed by atoms with Gasteiger partial charge in [-0.15, -0.1) is 0 Å². The van der Waals surface area contributed by atoms with Crippen LogP contribution >= 0.6 is 0 Å². The highest BCUT2D eigenvalue weighted by molar-refractivity contribution is 5.25. The quantitative estimate of drug-likeness (QED) is 0.842. The molecule has 1 aliphatic heterocycles. The molecule has 0 aromatic heterocycles. The van der Waals surface area contributed by atoms with Crippen LogP contribution in [0.4, 0.5) is 0 Å². The van der Waals surface area contributed by atoms with Crippen molar-refractivity contribution in [3.05, 3.63) is 35.4 Å². The van der Waals surface area contributed by atoms with Gasteiger partial charge in [0.2, 0.25) is 0 Å². The Bertz CT molecular complexity index is 354. The van der Waals surface area contributed by atoms with Gasteiger partial charge in [-0.05, 0) is 42.9 Å². The molecule has 0 radical (unpaired) electrons. The molecular weight excluding hydrogens is 234 g/mol. The highest BCUT2D eigenvalue weighted by Gasteiger charge is 2.24. The Morgan fingerprint density at radius 1 is 1.16 bits per heavy atom. The zero-order valence-corrected chi connectivity index (χ0v) is 12.3. The average molecular weight is 261 g/mol. The molecule has 2 nitrogen and oxygen atoms in total. The van der Waals surface area contributed by atoms with Gasteiger partial charge in [-0.2, -0.15) is 0 Å². The zero-order chi connectivity index (χ0) is 13.5. The predicted molar refractivity (Wildman–Crippen MR) is 80.4 cm³/mol. The molecule has 2 heteroatoms. The van der Waals surface area contributed by atoms with Crippen molar-refractivity contribution in [2.75, 3.05) is 19.8 Å². The van der Waals surface area contributed by atoms with Crippen molar-refractivity contribution in [3.8, 4) is 0 Å². The summed E-state index contributed by atoms with van der Waals surface area (Å²) in [5, 5.41) is 3.66. The minimum atomic E-state index is 0.490. The highest BCUT2D eigenvalue weighted by Crippen LogP contribution is 2.30. The summed E-state index contributed by atoms with van der Waals surface area (Å²) >= 11 is 0. The number of rotatable bonds is 6. The number of ether oxygens (including phenoxy) is 1. The molecule has 106 valence electrons. The Kier molecular flexibility index (Phi) is 5.87. The van der Waals surface area contributed by atoms with Crippen LogP contribution in [0.25, 0.3) is 0 Å². The van der Waals surface area contributed by atoms with Gasteiger partial charge in [0.15, 0.2) is 0 Å². The summed E-state index contributed by atoms with van der Waals surface area (Å²) in [6.45, 7) is 7.29. The topological polar surface area (TPSA) is 21.3 Å². The Labute approximate surface area is 117 Å². The second kappa shape index (κ2) is 7.66. The van der Waals surface area contributed by atoms with E-state index in [1.807, 2.05) is 0 Å². The van der Waals surface area contributed by atoms with Crippen LogP contribution in [0.3, 0.4) is 0 Å². The van der Waals surface area contributed by atoms with Gasteiger partial charge >= 0.3 is 0 Å². The lowest BCUT2D eigenvalue weighted by molar-refractivity contribution is 0.0538. The first-order valence-electron chi connectivity index (χ1n) is 7.75. The van der Waals surface area contributed by atoms with Crippen molar-refractivity contribution in [1.82, 2.24) is 5.32 Å². The van der Waals surface area contributed by atoms with Gasteiger partial charge in [-0.1, -0.05) is 44.5 Å². The molecule has 1 aliphatic rings. The van der Waals surface area contributed by atoms with Crippen molar-refractivity contribution in [1.29, 1.82) is 0 Å². The molecule has 1 unspecified atom stereocenters. The number of aryl methyl sites for hydroxylation is 1. The fourth-order valence-electron chi connectivity index (χ4n) is 3.01. The van der Waals surface area contributed by atoms with E-state index < -0.39 is 0 Å². The van der Waals surface area contributed by atoms with Gasteiger partial charge in [-0.3, -0.25) is 0 Å². The Morgan fingerprint density at radius 2 is 1.84 bits per heavy atom. The molecular formula is C17H27NO. The lowest BCUT2D eigenvalue weighted by Gasteiger charge is -2.31. The first-order valence-corrected chi connectivity index (χ1v) is 7.75. The van der Waals surface area contributed by atoms with Gasteiger partial charge in [0.1, 0.15) is 0 Å². The third kappa shape index (κ3) is 4.05. The number of benzene rings is 1. The number of nitrogens with one attached hydrogen (secondary N) is 1. The van der Waals surface area contributed by atoms with Crippen molar-refractivity contribution < 1.29 is 4.74 Å². The van der Waals surface area contributed by atoms with Gasteiger partial charge in [0.05, 0.1) is 0 Å².